The van der Waals surface area contributed by atoms with Gasteiger partial charge in [0.05, 0.1) is 6.04 Å². The number of benzene rings is 2. The lowest BCUT2D eigenvalue weighted by Crippen LogP contribution is -2.43. The van der Waals surface area contributed by atoms with Crippen LogP contribution in [0.15, 0.2) is 48.5 Å². The Balaban J connectivity index is 1.90. The van der Waals surface area contributed by atoms with Crippen molar-refractivity contribution < 1.29 is 9.90 Å². The van der Waals surface area contributed by atoms with Gasteiger partial charge in [0.15, 0.2) is 5.78 Å². The molecular formula is C22H27NO2. The lowest BCUT2D eigenvalue weighted by molar-refractivity contribution is 0.0322. The van der Waals surface area contributed by atoms with Crippen molar-refractivity contribution in [2.75, 3.05) is 13.1 Å². The summed E-state index contributed by atoms with van der Waals surface area (Å²) in [5.41, 5.74) is 3.88. The van der Waals surface area contributed by atoms with Gasteiger partial charge in [-0.2, -0.15) is 0 Å². The largest absolute Gasteiger partial charge is 0.383 e. The minimum atomic E-state index is -1.05. The lowest BCUT2D eigenvalue weighted by Gasteiger charge is -2.37. The predicted molar refractivity (Wildman–Crippen MR) is 101 cm³/mol. The van der Waals surface area contributed by atoms with Gasteiger partial charge in [-0.3, -0.25) is 9.69 Å². The number of hydrogen-bond donors (Lipinski definition) is 1. The molecule has 1 aliphatic rings. The van der Waals surface area contributed by atoms with Crippen LogP contribution in [0, 0.1) is 13.8 Å². The Labute approximate surface area is 150 Å². The van der Waals surface area contributed by atoms with Crippen LogP contribution in [0.2, 0.25) is 0 Å². The first-order valence-electron chi connectivity index (χ1n) is 9.16. The fourth-order valence-corrected chi connectivity index (χ4v) is 3.58. The van der Waals surface area contributed by atoms with Gasteiger partial charge in [-0.05, 0) is 45.3 Å². The highest BCUT2D eigenvalue weighted by atomic mass is 16.3. The zero-order chi connectivity index (χ0) is 17.8. The van der Waals surface area contributed by atoms with Gasteiger partial charge in [0.1, 0.15) is 6.10 Å². The Bertz CT molecular complexity index is 700. The molecule has 1 heterocycles. The molecule has 132 valence electrons. The van der Waals surface area contributed by atoms with E-state index in [0.29, 0.717) is 5.56 Å². The number of nitrogens with zero attached hydrogens (tertiary/aromatic N) is 1. The smallest absolute Gasteiger partial charge is 0.193 e. The zero-order valence-electron chi connectivity index (χ0n) is 15.1. The first-order valence-corrected chi connectivity index (χ1v) is 9.16. The highest BCUT2D eigenvalue weighted by Crippen LogP contribution is 2.29. The van der Waals surface area contributed by atoms with Crippen LogP contribution in [0.25, 0.3) is 0 Å². The molecule has 1 fully saturated rings. The number of ketones is 1. The Kier molecular flexibility index (Phi) is 5.67. The molecule has 0 radical (unpaired) electrons. The van der Waals surface area contributed by atoms with E-state index < -0.39 is 6.10 Å². The van der Waals surface area contributed by atoms with Crippen LogP contribution < -0.4 is 0 Å². The Hall–Kier alpha value is -1.97. The molecule has 1 aliphatic heterocycles. The number of aliphatic hydroxyl groups excluding tert-OH is 1. The summed E-state index contributed by atoms with van der Waals surface area (Å²) < 4.78 is 0. The molecule has 2 atom stereocenters. The van der Waals surface area contributed by atoms with Gasteiger partial charge in [-0.15, -0.1) is 0 Å². The van der Waals surface area contributed by atoms with Gasteiger partial charge in [-0.25, -0.2) is 0 Å². The standard InChI is InChI=1S/C22H27NO2/c1-16-6-10-18(11-7-16)20(23-14-4-3-5-15-23)22(25)21(24)19-12-8-17(2)9-13-19/h6-13,20,22,25H,3-5,14-15H2,1-2H3/t20-,22-/m0/s1. The van der Waals surface area contributed by atoms with E-state index in [-0.39, 0.29) is 11.8 Å². The maximum atomic E-state index is 12.9. The summed E-state index contributed by atoms with van der Waals surface area (Å²) in [5, 5.41) is 11.0. The third kappa shape index (κ3) is 4.17. The predicted octanol–water partition coefficient (Wildman–Crippen LogP) is 4.07. The van der Waals surface area contributed by atoms with Crippen LogP contribution in [0.5, 0.6) is 0 Å². The molecule has 2 aromatic rings. The summed E-state index contributed by atoms with van der Waals surface area (Å²) in [5.74, 6) is -0.198. The fraction of sp³-hybridized carbons (Fsp3) is 0.409. The van der Waals surface area contributed by atoms with Crippen molar-refractivity contribution in [3.05, 3.63) is 70.8 Å². The van der Waals surface area contributed by atoms with Crippen LogP contribution in [0.3, 0.4) is 0 Å². The highest BCUT2D eigenvalue weighted by molar-refractivity contribution is 5.99. The monoisotopic (exact) mass is 337 g/mol. The molecule has 1 N–H and O–H groups in total. The van der Waals surface area contributed by atoms with Gasteiger partial charge >= 0.3 is 0 Å². The lowest BCUT2D eigenvalue weighted by atomic mass is 9.91. The summed E-state index contributed by atoms with van der Waals surface area (Å²) in [6.07, 6.45) is 2.41. The number of rotatable bonds is 5. The summed E-state index contributed by atoms with van der Waals surface area (Å²) in [7, 11) is 0. The van der Waals surface area contributed by atoms with E-state index in [1.54, 1.807) is 0 Å². The minimum Gasteiger partial charge on any atom is -0.383 e. The number of carbonyl (C=O) groups excluding carboxylic acids is 1. The molecule has 0 bridgehead atoms. The van der Waals surface area contributed by atoms with Gasteiger partial charge in [-0.1, -0.05) is 66.1 Å². The van der Waals surface area contributed by atoms with E-state index in [1.165, 1.54) is 12.0 Å². The molecule has 1 saturated heterocycles. The van der Waals surface area contributed by atoms with E-state index in [2.05, 4.69) is 17.0 Å². The van der Waals surface area contributed by atoms with Crippen LogP contribution in [-0.4, -0.2) is 35.0 Å². The average Bonchev–Trinajstić information content (AvgIpc) is 2.64. The first kappa shape index (κ1) is 17.8. The van der Waals surface area contributed by atoms with Gasteiger partial charge in [0.25, 0.3) is 0 Å². The van der Waals surface area contributed by atoms with Crippen molar-refractivity contribution in [2.45, 2.75) is 45.3 Å². The van der Waals surface area contributed by atoms with E-state index in [0.717, 1.165) is 37.1 Å². The average molecular weight is 337 g/mol. The molecule has 0 saturated carbocycles. The van der Waals surface area contributed by atoms with Crippen LogP contribution in [0.4, 0.5) is 0 Å². The van der Waals surface area contributed by atoms with E-state index in [1.807, 2.05) is 50.2 Å². The van der Waals surface area contributed by atoms with Crippen LogP contribution in [0.1, 0.15) is 52.4 Å². The normalized spacial score (nSPS) is 17.9. The second-order valence-corrected chi connectivity index (χ2v) is 7.13. The fourth-order valence-electron chi connectivity index (χ4n) is 3.58. The molecule has 0 aliphatic carbocycles. The number of carbonyl (C=O) groups is 1. The second-order valence-electron chi connectivity index (χ2n) is 7.13. The molecule has 0 unspecified atom stereocenters. The number of piperidine rings is 1. The molecular weight excluding hydrogens is 310 g/mol. The van der Waals surface area contributed by atoms with Crippen LogP contribution >= 0.6 is 0 Å². The van der Waals surface area contributed by atoms with Crippen molar-refractivity contribution in [1.82, 2.24) is 4.90 Å². The summed E-state index contributed by atoms with van der Waals surface area (Å²) in [6, 6.07) is 15.4. The molecule has 2 aromatic carbocycles. The number of Topliss-reactive ketones (excluding diaryl/α,β-unsaturated/α-hetero) is 1. The minimum absolute atomic E-state index is 0.198. The molecule has 3 nitrogen and oxygen atoms in total. The quantitative estimate of drug-likeness (QED) is 0.836. The topological polar surface area (TPSA) is 40.5 Å². The molecule has 0 aromatic heterocycles. The van der Waals surface area contributed by atoms with E-state index in [9.17, 15) is 9.90 Å². The van der Waals surface area contributed by atoms with E-state index >= 15 is 0 Å². The maximum Gasteiger partial charge on any atom is 0.193 e. The SMILES string of the molecule is Cc1ccc(C(=O)[C@@H](O)[C@H](c2ccc(C)cc2)N2CCCCC2)cc1. The molecule has 0 spiro atoms. The van der Waals surface area contributed by atoms with Crippen LogP contribution in [-0.2, 0) is 0 Å². The second kappa shape index (κ2) is 7.94. The van der Waals surface area contributed by atoms with Crippen molar-refractivity contribution in [3.63, 3.8) is 0 Å². The highest BCUT2D eigenvalue weighted by Gasteiger charge is 2.33. The summed E-state index contributed by atoms with van der Waals surface area (Å²) in [4.78, 5) is 15.2. The number of likely N-dealkylation sites (tertiary alicyclic amines) is 1. The van der Waals surface area contributed by atoms with E-state index in [4.69, 9.17) is 0 Å². The third-order valence-electron chi connectivity index (χ3n) is 5.11. The number of aliphatic hydroxyl groups is 1. The Morgan fingerprint density at radius 3 is 1.96 bits per heavy atom. The Morgan fingerprint density at radius 2 is 1.40 bits per heavy atom. The summed E-state index contributed by atoms with van der Waals surface area (Å²) in [6.45, 7) is 5.90. The molecule has 3 rings (SSSR count). The maximum absolute atomic E-state index is 12.9. The van der Waals surface area contributed by atoms with Gasteiger partial charge < -0.3 is 5.11 Å². The van der Waals surface area contributed by atoms with Crippen molar-refractivity contribution in [1.29, 1.82) is 0 Å². The summed E-state index contributed by atoms with van der Waals surface area (Å²) >= 11 is 0. The van der Waals surface area contributed by atoms with Crippen molar-refractivity contribution >= 4 is 5.78 Å². The van der Waals surface area contributed by atoms with Gasteiger partial charge in [0.2, 0.25) is 0 Å². The van der Waals surface area contributed by atoms with Crippen molar-refractivity contribution in [3.8, 4) is 0 Å². The van der Waals surface area contributed by atoms with Crippen molar-refractivity contribution in [2.24, 2.45) is 0 Å². The zero-order valence-corrected chi connectivity index (χ0v) is 15.1. The molecule has 3 heteroatoms. The molecule has 0 amide bonds. The Morgan fingerprint density at radius 1 is 0.880 bits per heavy atom. The third-order valence-corrected chi connectivity index (χ3v) is 5.11. The number of hydrogen-bond acceptors (Lipinski definition) is 3. The molecule has 25 heavy (non-hydrogen) atoms. The van der Waals surface area contributed by atoms with Gasteiger partial charge in [0, 0.05) is 5.56 Å². The number of aryl methyl sites for hydroxylation is 2. The first-order chi connectivity index (χ1) is 12.1.